The molecule has 28 heavy (non-hydrogen) atoms. The molecule has 6 rings (SSSR count). The van der Waals surface area contributed by atoms with Crippen molar-refractivity contribution in [1.29, 1.82) is 0 Å². The summed E-state index contributed by atoms with van der Waals surface area (Å²) in [5.41, 5.74) is 0. The molecule has 6 saturated carbocycles. The zero-order chi connectivity index (χ0) is 19.5. The molecule has 0 aromatic rings. The van der Waals surface area contributed by atoms with E-state index in [4.69, 9.17) is 32.7 Å². The molecule has 6 aliphatic carbocycles. The average Bonchev–Trinajstić information content (AvgIpc) is 3.45. The quantitative estimate of drug-likeness (QED) is 0.500. The van der Waals surface area contributed by atoms with Crippen LogP contribution in [0.2, 0.25) is 0 Å². The summed E-state index contributed by atoms with van der Waals surface area (Å²) in [5, 5.41) is 0.229. The van der Waals surface area contributed by atoms with Gasteiger partial charge in [-0.05, 0) is 84.9 Å². The molecule has 0 amide bonds. The second kappa shape index (κ2) is 6.03. The molecule has 10 unspecified atom stereocenters. The number of carbonyl (C=O) groups excluding carboxylic acids is 2. The van der Waals surface area contributed by atoms with Gasteiger partial charge in [-0.3, -0.25) is 9.59 Å². The molecule has 154 valence electrons. The van der Waals surface area contributed by atoms with E-state index in [0.717, 1.165) is 25.7 Å². The Morgan fingerprint density at radius 2 is 1.00 bits per heavy atom. The predicted octanol–water partition coefficient (Wildman–Crippen LogP) is 3.58. The first-order valence-corrected chi connectivity index (χ1v) is 11.8. The van der Waals surface area contributed by atoms with E-state index in [-0.39, 0.29) is 46.4 Å². The lowest BCUT2D eigenvalue weighted by molar-refractivity contribution is -0.150. The van der Waals surface area contributed by atoms with Gasteiger partial charge in [0.2, 0.25) is 0 Å². The summed E-state index contributed by atoms with van der Waals surface area (Å²) in [6.45, 7) is 0. The van der Waals surface area contributed by atoms with Crippen molar-refractivity contribution in [2.75, 3.05) is 14.2 Å². The largest absolute Gasteiger partial charge is 0.469 e. The maximum absolute atomic E-state index is 13.1. The minimum atomic E-state index is -0.0603. The molecule has 6 heteroatoms. The number of methoxy groups -OCH3 is 2. The van der Waals surface area contributed by atoms with E-state index in [0.29, 0.717) is 47.3 Å². The topological polar surface area (TPSA) is 52.6 Å². The summed E-state index contributed by atoms with van der Waals surface area (Å²) in [6, 6.07) is 0. The summed E-state index contributed by atoms with van der Waals surface area (Å²) in [5.74, 6) is 3.32. The number of hydrogen-bond acceptors (Lipinski definition) is 4. The predicted molar refractivity (Wildman–Crippen MR) is 104 cm³/mol. The number of carbonyl (C=O) groups is 2. The van der Waals surface area contributed by atoms with Gasteiger partial charge in [-0.25, -0.2) is 0 Å². The monoisotopic (exact) mass is 426 g/mol. The average molecular weight is 427 g/mol. The Balaban J connectivity index is 1.53. The van der Waals surface area contributed by atoms with E-state index in [1.165, 1.54) is 14.2 Å². The third-order valence-corrected chi connectivity index (χ3v) is 11.1. The van der Waals surface area contributed by atoms with E-state index in [2.05, 4.69) is 0 Å². The molecule has 14 atom stereocenters. The zero-order valence-corrected chi connectivity index (χ0v) is 17.8. The van der Waals surface area contributed by atoms with Gasteiger partial charge in [0.05, 0.1) is 26.1 Å². The summed E-state index contributed by atoms with van der Waals surface area (Å²) >= 11 is 13.7. The Labute approximate surface area is 176 Å². The molecule has 0 saturated heterocycles. The summed E-state index contributed by atoms with van der Waals surface area (Å²) < 4.78 is 10.7. The van der Waals surface area contributed by atoms with Crippen molar-refractivity contribution in [1.82, 2.24) is 0 Å². The smallest absolute Gasteiger partial charge is 0.309 e. The Bertz CT molecular complexity index is 667. The molecule has 0 spiro atoms. The fraction of sp³-hybridized carbons (Fsp3) is 0.909. The molecule has 0 radical (unpaired) electrons. The number of hydrogen-bond donors (Lipinski definition) is 0. The van der Waals surface area contributed by atoms with Gasteiger partial charge in [-0.1, -0.05) is 0 Å². The molecule has 0 N–H and O–H groups in total. The molecule has 0 aromatic heterocycles. The lowest BCUT2D eigenvalue weighted by atomic mass is 9.72. The first-order chi connectivity index (χ1) is 13.5. The van der Waals surface area contributed by atoms with Crippen LogP contribution in [0.4, 0.5) is 0 Å². The van der Waals surface area contributed by atoms with Gasteiger partial charge in [-0.15, -0.1) is 23.2 Å². The Morgan fingerprint density at radius 3 is 1.36 bits per heavy atom. The van der Waals surface area contributed by atoms with Crippen molar-refractivity contribution in [2.24, 2.45) is 71.0 Å². The first kappa shape index (κ1) is 18.3. The summed E-state index contributed by atoms with van der Waals surface area (Å²) in [6.07, 6.45) is 4.12. The van der Waals surface area contributed by atoms with E-state index >= 15 is 0 Å². The second-order valence-corrected chi connectivity index (χ2v) is 11.4. The molecular formula is C22H28Cl2O4. The summed E-state index contributed by atoms with van der Waals surface area (Å²) in [4.78, 5) is 26.1. The molecule has 0 aromatic carbocycles. The molecule has 0 bridgehead atoms. The van der Waals surface area contributed by atoms with E-state index in [1.807, 2.05) is 0 Å². The Hall–Kier alpha value is -0.480. The zero-order valence-electron chi connectivity index (χ0n) is 16.3. The van der Waals surface area contributed by atoms with Crippen LogP contribution in [0, 0.1) is 71.0 Å². The van der Waals surface area contributed by atoms with Crippen LogP contribution in [0.3, 0.4) is 0 Å². The third kappa shape index (κ3) is 1.91. The Morgan fingerprint density at radius 1 is 0.607 bits per heavy atom. The van der Waals surface area contributed by atoms with Gasteiger partial charge in [0.15, 0.2) is 0 Å². The van der Waals surface area contributed by atoms with Crippen LogP contribution in [0.1, 0.15) is 25.7 Å². The van der Waals surface area contributed by atoms with E-state index in [1.54, 1.807) is 0 Å². The number of ether oxygens (including phenoxy) is 2. The van der Waals surface area contributed by atoms with Crippen LogP contribution in [0.15, 0.2) is 0 Å². The number of alkyl halides is 2. The molecule has 6 fully saturated rings. The van der Waals surface area contributed by atoms with Crippen LogP contribution in [0.25, 0.3) is 0 Å². The van der Waals surface area contributed by atoms with Crippen LogP contribution in [-0.4, -0.2) is 36.9 Å². The number of rotatable bonds is 2. The van der Waals surface area contributed by atoms with Crippen molar-refractivity contribution >= 4 is 35.1 Å². The second-order valence-electron chi connectivity index (χ2n) is 10.2. The highest BCUT2D eigenvalue weighted by atomic mass is 35.5. The van der Waals surface area contributed by atoms with Gasteiger partial charge in [0, 0.05) is 10.8 Å². The number of halogens is 2. The van der Waals surface area contributed by atoms with Crippen molar-refractivity contribution in [3.05, 3.63) is 0 Å². The first-order valence-electron chi connectivity index (χ1n) is 10.9. The van der Waals surface area contributed by atoms with Gasteiger partial charge in [-0.2, -0.15) is 0 Å². The minimum Gasteiger partial charge on any atom is -0.469 e. The fourth-order valence-electron chi connectivity index (χ4n) is 9.97. The van der Waals surface area contributed by atoms with Crippen molar-refractivity contribution in [2.45, 2.75) is 36.4 Å². The Kier molecular flexibility index (Phi) is 3.94. The van der Waals surface area contributed by atoms with Crippen molar-refractivity contribution in [3.8, 4) is 0 Å². The van der Waals surface area contributed by atoms with Crippen LogP contribution in [0.5, 0.6) is 0 Å². The van der Waals surface area contributed by atoms with Gasteiger partial charge in [0.1, 0.15) is 0 Å². The highest BCUT2D eigenvalue weighted by Crippen LogP contribution is 2.80. The van der Waals surface area contributed by atoms with E-state index < -0.39 is 0 Å². The standard InChI is InChI=1S/C22H28Cl2O4/c1-27-21(25)19-13-7-3-5-10(24)12(7)16-17(13)18-14(20(16)22(26)28-2)8-4-6-9(23)11(8)15(18)19/h7-20H,3-6H2,1-2H3/t7?,8?,9-,10-,11?,12?,13?,14?,15?,16?,17?,18?,19-,20-/m1/s1. The van der Waals surface area contributed by atoms with Crippen molar-refractivity contribution in [3.63, 3.8) is 0 Å². The van der Waals surface area contributed by atoms with E-state index in [9.17, 15) is 9.59 Å². The third-order valence-electron chi connectivity index (χ3n) is 10.1. The molecule has 0 aliphatic heterocycles. The molecular weight excluding hydrogens is 399 g/mol. The van der Waals surface area contributed by atoms with Crippen molar-refractivity contribution < 1.29 is 19.1 Å². The van der Waals surface area contributed by atoms with Gasteiger partial charge >= 0.3 is 11.9 Å². The van der Waals surface area contributed by atoms with Gasteiger partial charge < -0.3 is 9.47 Å². The highest BCUT2D eigenvalue weighted by Gasteiger charge is 2.79. The maximum Gasteiger partial charge on any atom is 0.309 e. The molecule has 4 nitrogen and oxygen atoms in total. The number of esters is 2. The SMILES string of the molecule is COC(=O)[C@@H]1C2C3CC[C@@H](Cl)C3C3C2C2C(C4CC[C@@H](Cl)C4C21)[C@H]3C(=O)OC. The maximum atomic E-state index is 13.1. The normalized spacial score (nSPS) is 59.9. The number of fused-ring (bicyclic) bond motifs is 6. The highest BCUT2D eigenvalue weighted by molar-refractivity contribution is 6.21. The fourth-order valence-corrected chi connectivity index (χ4v) is 10.9. The lowest BCUT2D eigenvalue weighted by Gasteiger charge is -2.33. The minimum absolute atomic E-state index is 0.0494. The summed E-state index contributed by atoms with van der Waals surface area (Å²) in [7, 11) is 3.04. The van der Waals surface area contributed by atoms with Crippen LogP contribution < -0.4 is 0 Å². The van der Waals surface area contributed by atoms with Crippen LogP contribution in [-0.2, 0) is 19.1 Å². The molecule has 6 aliphatic rings. The lowest BCUT2D eigenvalue weighted by Crippen LogP contribution is -2.37. The van der Waals surface area contributed by atoms with Crippen LogP contribution >= 0.6 is 23.2 Å². The molecule has 0 heterocycles. The van der Waals surface area contributed by atoms with Gasteiger partial charge in [0.25, 0.3) is 0 Å².